The first-order valence-electron chi connectivity index (χ1n) is 6.21. The Labute approximate surface area is 103 Å². The highest BCUT2D eigenvalue weighted by molar-refractivity contribution is 5.79. The molecule has 3 nitrogen and oxygen atoms in total. The lowest BCUT2D eigenvalue weighted by Crippen LogP contribution is -2.46. The standard InChI is InChI=1S/C14H20N2O/c1-11-7-12(2)9-13(8-11)10-14(17)16-5-3-15-4-6-16/h7-9,15H,3-6,10H2,1-2H3. The van der Waals surface area contributed by atoms with Crippen molar-refractivity contribution in [3.63, 3.8) is 0 Å². The molecule has 1 aliphatic heterocycles. The van der Waals surface area contributed by atoms with Crippen molar-refractivity contribution in [2.45, 2.75) is 20.3 Å². The summed E-state index contributed by atoms with van der Waals surface area (Å²) in [7, 11) is 0. The number of carbonyl (C=O) groups is 1. The highest BCUT2D eigenvalue weighted by Crippen LogP contribution is 2.10. The van der Waals surface area contributed by atoms with E-state index >= 15 is 0 Å². The zero-order valence-electron chi connectivity index (χ0n) is 10.6. The number of carbonyl (C=O) groups excluding carboxylic acids is 1. The summed E-state index contributed by atoms with van der Waals surface area (Å²) in [5.74, 6) is 0.247. The average Bonchev–Trinajstić information content (AvgIpc) is 2.28. The monoisotopic (exact) mass is 232 g/mol. The van der Waals surface area contributed by atoms with E-state index in [1.54, 1.807) is 0 Å². The Hall–Kier alpha value is -1.35. The van der Waals surface area contributed by atoms with Crippen molar-refractivity contribution in [1.29, 1.82) is 0 Å². The van der Waals surface area contributed by atoms with Crippen molar-refractivity contribution in [3.8, 4) is 0 Å². The molecule has 0 unspecified atom stereocenters. The Morgan fingerprint density at radius 2 is 1.76 bits per heavy atom. The molecule has 92 valence electrons. The van der Waals surface area contributed by atoms with E-state index in [-0.39, 0.29) is 5.91 Å². The van der Waals surface area contributed by atoms with Gasteiger partial charge in [0.15, 0.2) is 0 Å². The summed E-state index contributed by atoms with van der Waals surface area (Å²) in [5, 5.41) is 3.26. The van der Waals surface area contributed by atoms with Crippen LogP contribution >= 0.6 is 0 Å². The molecule has 0 aromatic heterocycles. The van der Waals surface area contributed by atoms with Gasteiger partial charge in [-0.1, -0.05) is 29.3 Å². The molecular weight excluding hydrogens is 212 g/mol. The number of hydrogen-bond acceptors (Lipinski definition) is 2. The van der Waals surface area contributed by atoms with Gasteiger partial charge in [0.05, 0.1) is 6.42 Å². The number of rotatable bonds is 2. The van der Waals surface area contributed by atoms with Crippen molar-refractivity contribution in [2.24, 2.45) is 0 Å². The third-order valence-corrected chi connectivity index (χ3v) is 3.11. The quantitative estimate of drug-likeness (QED) is 0.833. The summed E-state index contributed by atoms with van der Waals surface area (Å²) in [6.07, 6.45) is 0.530. The van der Waals surface area contributed by atoms with Crippen LogP contribution in [-0.2, 0) is 11.2 Å². The molecule has 0 saturated carbocycles. The van der Waals surface area contributed by atoms with Crippen LogP contribution in [0.1, 0.15) is 16.7 Å². The number of nitrogens with zero attached hydrogens (tertiary/aromatic N) is 1. The molecule has 0 bridgehead atoms. The number of piperazine rings is 1. The SMILES string of the molecule is Cc1cc(C)cc(CC(=O)N2CCNCC2)c1. The number of nitrogens with one attached hydrogen (secondary N) is 1. The van der Waals surface area contributed by atoms with Crippen molar-refractivity contribution in [2.75, 3.05) is 26.2 Å². The summed E-state index contributed by atoms with van der Waals surface area (Å²) >= 11 is 0. The van der Waals surface area contributed by atoms with Crippen molar-refractivity contribution >= 4 is 5.91 Å². The lowest BCUT2D eigenvalue weighted by Gasteiger charge is -2.27. The van der Waals surface area contributed by atoms with E-state index in [0.29, 0.717) is 6.42 Å². The molecular formula is C14H20N2O. The molecule has 0 radical (unpaired) electrons. The van der Waals surface area contributed by atoms with Crippen LogP contribution in [0.4, 0.5) is 0 Å². The van der Waals surface area contributed by atoms with E-state index in [4.69, 9.17) is 0 Å². The second-order valence-electron chi connectivity index (χ2n) is 4.80. The lowest BCUT2D eigenvalue weighted by molar-refractivity contribution is -0.131. The number of amides is 1. The minimum absolute atomic E-state index is 0.247. The van der Waals surface area contributed by atoms with Crippen molar-refractivity contribution < 1.29 is 4.79 Å². The maximum atomic E-state index is 12.1. The fraction of sp³-hybridized carbons (Fsp3) is 0.500. The van der Waals surface area contributed by atoms with Gasteiger partial charge in [0.25, 0.3) is 0 Å². The molecule has 1 fully saturated rings. The second-order valence-corrected chi connectivity index (χ2v) is 4.80. The zero-order valence-corrected chi connectivity index (χ0v) is 10.6. The van der Waals surface area contributed by atoms with Gasteiger partial charge in [0.1, 0.15) is 0 Å². The molecule has 1 saturated heterocycles. The van der Waals surface area contributed by atoms with Gasteiger partial charge in [-0.15, -0.1) is 0 Å². The summed E-state index contributed by atoms with van der Waals surface area (Å²) in [6.45, 7) is 7.65. The van der Waals surface area contributed by atoms with Crippen LogP contribution in [0.3, 0.4) is 0 Å². The number of aryl methyl sites for hydroxylation is 2. The van der Waals surface area contributed by atoms with E-state index in [1.165, 1.54) is 11.1 Å². The van der Waals surface area contributed by atoms with E-state index in [0.717, 1.165) is 31.7 Å². The fourth-order valence-corrected chi connectivity index (χ4v) is 2.37. The van der Waals surface area contributed by atoms with Crippen LogP contribution in [0.2, 0.25) is 0 Å². The Bertz CT molecular complexity index is 388. The molecule has 1 aromatic rings. The minimum Gasteiger partial charge on any atom is -0.340 e. The first kappa shape index (κ1) is 12.1. The third-order valence-electron chi connectivity index (χ3n) is 3.11. The first-order valence-corrected chi connectivity index (χ1v) is 6.21. The predicted molar refractivity (Wildman–Crippen MR) is 69.1 cm³/mol. The highest BCUT2D eigenvalue weighted by Gasteiger charge is 2.16. The van der Waals surface area contributed by atoms with Crippen LogP contribution in [-0.4, -0.2) is 37.0 Å². The Balaban J connectivity index is 2.01. The maximum Gasteiger partial charge on any atom is 0.227 e. The summed E-state index contributed by atoms with van der Waals surface area (Å²) < 4.78 is 0. The van der Waals surface area contributed by atoms with Crippen molar-refractivity contribution in [3.05, 3.63) is 34.9 Å². The lowest BCUT2D eigenvalue weighted by atomic mass is 10.0. The Morgan fingerprint density at radius 3 is 2.35 bits per heavy atom. The topological polar surface area (TPSA) is 32.3 Å². The molecule has 2 rings (SSSR count). The molecule has 1 aromatic carbocycles. The molecule has 3 heteroatoms. The summed E-state index contributed by atoms with van der Waals surface area (Å²) in [4.78, 5) is 14.0. The third kappa shape index (κ3) is 3.30. The highest BCUT2D eigenvalue weighted by atomic mass is 16.2. The molecule has 1 aliphatic rings. The van der Waals surface area contributed by atoms with E-state index in [9.17, 15) is 4.79 Å². The summed E-state index contributed by atoms with van der Waals surface area (Å²) in [5.41, 5.74) is 3.59. The van der Waals surface area contributed by atoms with Gasteiger partial charge in [0, 0.05) is 26.2 Å². The normalized spacial score (nSPS) is 16.0. The smallest absolute Gasteiger partial charge is 0.227 e. The number of hydrogen-bond donors (Lipinski definition) is 1. The molecule has 1 N–H and O–H groups in total. The molecule has 0 atom stereocenters. The van der Waals surface area contributed by atoms with Gasteiger partial charge in [0.2, 0.25) is 5.91 Å². The predicted octanol–water partition coefficient (Wildman–Crippen LogP) is 1.28. The van der Waals surface area contributed by atoms with Gasteiger partial charge < -0.3 is 10.2 Å². The number of benzene rings is 1. The largest absolute Gasteiger partial charge is 0.340 e. The van der Waals surface area contributed by atoms with Gasteiger partial charge in [-0.05, 0) is 19.4 Å². The van der Waals surface area contributed by atoms with E-state index in [1.807, 2.05) is 4.90 Å². The van der Waals surface area contributed by atoms with Gasteiger partial charge in [-0.25, -0.2) is 0 Å². The average molecular weight is 232 g/mol. The van der Waals surface area contributed by atoms with E-state index < -0.39 is 0 Å². The molecule has 0 aliphatic carbocycles. The second kappa shape index (κ2) is 5.32. The fourth-order valence-electron chi connectivity index (χ4n) is 2.37. The minimum atomic E-state index is 0.247. The molecule has 1 heterocycles. The first-order chi connectivity index (χ1) is 8.15. The molecule has 17 heavy (non-hydrogen) atoms. The van der Waals surface area contributed by atoms with Crippen LogP contribution in [0.15, 0.2) is 18.2 Å². The van der Waals surface area contributed by atoms with Crippen LogP contribution in [0, 0.1) is 13.8 Å². The Morgan fingerprint density at radius 1 is 1.18 bits per heavy atom. The van der Waals surface area contributed by atoms with Crippen LogP contribution in [0.5, 0.6) is 0 Å². The molecule has 1 amide bonds. The Kier molecular flexibility index (Phi) is 3.79. The van der Waals surface area contributed by atoms with Crippen LogP contribution < -0.4 is 5.32 Å². The van der Waals surface area contributed by atoms with Crippen molar-refractivity contribution in [1.82, 2.24) is 10.2 Å². The van der Waals surface area contributed by atoms with Crippen LogP contribution in [0.25, 0.3) is 0 Å². The molecule has 0 spiro atoms. The summed E-state index contributed by atoms with van der Waals surface area (Å²) in [6, 6.07) is 6.35. The zero-order chi connectivity index (χ0) is 12.3. The van der Waals surface area contributed by atoms with Gasteiger partial charge >= 0.3 is 0 Å². The van der Waals surface area contributed by atoms with Gasteiger partial charge in [-0.3, -0.25) is 4.79 Å². The van der Waals surface area contributed by atoms with Gasteiger partial charge in [-0.2, -0.15) is 0 Å². The maximum absolute atomic E-state index is 12.1. The van der Waals surface area contributed by atoms with E-state index in [2.05, 4.69) is 37.4 Å².